The van der Waals surface area contributed by atoms with Gasteiger partial charge in [0.05, 0.1) is 16.5 Å². The summed E-state index contributed by atoms with van der Waals surface area (Å²) in [6, 6.07) is 20.0. The fourth-order valence-corrected chi connectivity index (χ4v) is 6.93. The van der Waals surface area contributed by atoms with Gasteiger partial charge in [-0.1, -0.05) is 60.2 Å². The molecule has 1 amide bonds. The van der Waals surface area contributed by atoms with Crippen LogP contribution in [0.15, 0.2) is 65.6 Å². The number of rotatable bonds is 6. The van der Waals surface area contributed by atoms with Gasteiger partial charge in [0.25, 0.3) is 0 Å². The van der Waals surface area contributed by atoms with E-state index in [4.69, 9.17) is 0 Å². The van der Waals surface area contributed by atoms with E-state index in [0.717, 1.165) is 22.3 Å². The normalized spacial score (nSPS) is 15.8. The number of hydrogen-bond acceptors (Lipinski definition) is 4. The summed E-state index contributed by atoms with van der Waals surface area (Å²) < 4.78 is 29.3. The van der Waals surface area contributed by atoms with E-state index in [1.165, 1.54) is 4.31 Å². The highest BCUT2D eigenvalue weighted by molar-refractivity contribution is 7.89. The summed E-state index contributed by atoms with van der Waals surface area (Å²) in [5.41, 5.74) is 5.65. The summed E-state index contributed by atoms with van der Waals surface area (Å²) in [6.07, 6.45) is 0.793. The number of fused-ring (bicyclic) bond motifs is 1. The number of nitriles is 1. The molecule has 0 saturated carbocycles. The molecular weight excluding hydrogens is 458 g/mol. The van der Waals surface area contributed by atoms with E-state index >= 15 is 0 Å². The maximum Gasteiger partial charge on any atom is 0.244 e. The number of aryl methyl sites for hydroxylation is 3. The van der Waals surface area contributed by atoms with Gasteiger partial charge >= 0.3 is 0 Å². The molecule has 1 atom stereocenters. The number of amides is 1. The molecule has 35 heavy (non-hydrogen) atoms. The van der Waals surface area contributed by atoms with Crippen molar-refractivity contribution in [2.24, 2.45) is 0 Å². The van der Waals surface area contributed by atoms with Crippen molar-refractivity contribution < 1.29 is 13.2 Å². The van der Waals surface area contributed by atoms with Crippen LogP contribution < -0.4 is 5.32 Å². The molecule has 0 bridgehead atoms. The van der Waals surface area contributed by atoms with Crippen molar-refractivity contribution in [3.05, 3.63) is 99.6 Å². The molecule has 1 aliphatic heterocycles. The molecule has 0 fully saturated rings. The molecule has 6 nitrogen and oxygen atoms in total. The molecule has 1 aliphatic rings. The first kappa shape index (κ1) is 24.6. The molecule has 4 rings (SSSR count). The Hall–Kier alpha value is -3.47. The number of nitrogens with one attached hydrogen (secondary N) is 1. The lowest BCUT2D eigenvalue weighted by molar-refractivity contribution is -0.125. The van der Waals surface area contributed by atoms with E-state index in [2.05, 4.69) is 11.4 Å². The molecule has 0 spiro atoms. The first-order valence-electron chi connectivity index (χ1n) is 11.6. The summed E-state index contributed by atoms with van der Waals surface area (Å²) in [5.74, 6) is -0.333. The van der Waals surface area contributed by atoms with Crippen molar-refractivity contribution in [3.63, 3.8) is 0 Å². The molecule has 3 aromatic rings. The average Bonchev–Trinajstić information content (AvgIpc) is 2.82. The third-order valence-corrected chi connectivity index (χ3v) is 8.67. The van der Waals surface area contributed by atoms with Crippen LogP contribution in [0.25, 0.3) is 0 Å². The Kier molecular flexibility index (Phi) is 7.06. The van der Waals surface area contributed by atoms with Crippen LogP contribution in [0.1, 0.15) is 38.9 Å². The van der Waals surface area contributed by atoms with Crippen LogP contribution in [0, 0.1) is 32.1 Å². The van der Waals surface area contributed by atoms with Crippen LogP contribution in [-0.2, 0) is 34.2 Å². The molecule has 1 N–H and O–H groups in total. The van der Waals surface area contributed by atoms with E-state index in [9.17, 15) is 18.5 Å². The second-order valence-corrected chi connectivity index (χ2v) is 10.9. The van der Waals surface area contributed by atoms with Crippen molar-refractivity contribution in [1.82, 2.24) is 9.62 Å². The maximum atomic E-state index is 14.0. The summed E-state index contributed by atoms with van der Waals surface area (Å²) >= 11 is 0. The Balaban J connectivity index is 1.63. The zero-order valence-corrected chi connectivity index (χ0v) is 21.0. The molecule has 0 radical (unpaired) electrons. The second-order valence-electron chi connectivity index (χ2n) is 9.08. The minimum absolute atomic E-state index is 0.139. The topological polar surface area (TPSA) is 90.3 Å². The molecule has 180 valence electrons. The Morgan fingerprint density at radius 3 is 2.34 bits per heavy atom. The van der Waals surface area contributed by atoms with E-state index in [-0.39, 0.29) is 17.3 Å². The SMILES string of the molecule is Cc1cc(C)c(S(=O)(=O)N2Cc3ccccc3CC2C(=O)NCCc2ccccc2C#N)c(C)c1. The number of sulfonamides is 1. The number of carbonyl (C=O) groups is 1. The highest BCUT2D eigenvalue weighted by Crippen LogP contribution is 2.32. The Morgan fingerprint density at radius 2 is 1.66 bits per heavy atom. The van der Waals surface area contributed by atoms with Gasteiger partial charge in [0.15, 0.2) is 0 Å². The Labute approximate surface area is 207 Å². The van der Waals surface area contributed by atoms with E-state index in [1.54, 1.807) is 26.0 Å². The largest absolute Gasteiger partial charge is 0.354 e. The van der Waals surface area contributed by atoms with Gasteiger partial charge in [-0.25, -0.2) is 8.42 Å². The van der Waals surface area contributed by atoms with Crippen LogP contribution in [-0.4, -0.2) is 31.2 Å². The van der Waals surface area contributed by atoms with Gasteiger partial charge in [-0.2, -0.15) is 9.57 Å². The Morgan fingerprint density at radius 1 is 1.03 bits per heavy atom. The van der Waals surface area contributed by atoms with Crippen LogP contribution in [0.2, 0.25) is 0 Å². The van der Waals surface area contributed by atoms with Crippen LogP contribution in [0.5, 0.6) is 0 Å². The standard InChI is InChI=1S/C28H29N3O3S/c1-19-14-20(2)27(21(3)15-19)35(33,34)31-18-25-11-7-5-9-23(25)16-26(31)28(32)30-13-12-22-8-4-6-10-24(22)17-29/h4-11,14-15,26H,12-13,16,18H2,1-3H3,(H,30,32). The monoisotopic (exact) mass is 487 g/mol. The van der Waals surface area contributed by atoms with E-state index in [0.29, 0.717) is 36.1 Å². The van der Waals surface area contributed by atoms with Gasteiger partial charge in [-0.05, 0) is 67.5 Å². The lowest BCUT2D eigenvalue weighted by atomic mass is 9.95. The number of nitrogens with zero attached hydrogens (tertiary/aromatic N) is 2. The average molecular weight is 488 g/mol. The van der Waals surface area contributed by atoms with Crippen molar-refractivity contribution >= 4 is 15.9 Å². The first-order valence-corrected chi connectivity index (χ1v) is 13.1. The van der Waals surface area contributed by atoms with Gasteiger partial charge in [0.1, 0.15) is 6.04 Å². The van der Waals surface area contributed by atoms with Gasteiger partial charge in [-0.15, -0.1) is 0 Å². The minimum Gasteiger partial charge on any atom is -0.354 e. The molecular formula is C28H29N3O3S. The Bertz CT molecular complexity index is 1400. The number of benzene rings is 3. The zero-order valence-electron chi connectivity index (χ0n) is 20.2. The molecule has 0 aromatic heterocycles. The molecule has 0 saturated heterocycles. The van der Waals surface area contributed by atoms with Crippen molar-refractivity contribution in [3.8, 4) is 6.07 Å². The molecule has 7 heteroatoms. The molecule has 0 aliphatic carbocycles. The van der Waals surface area contributed by atoms with E-state index in [1.807, 2.05) is 55.5 Å². The fraction of sp³-hybridized carbons (Fsp3) is 0.286. The van der Waals surface area contributed by atoms with Crippen LogP contribution >= 0.6 is 0 Å². The fourth-order valence-electron chi connectivity index (χ4n) is 4.95. The van der Waals surface area contributed by atoms with Gasteiger partial charge in [-0.3, -0.25) is 4.79 Å². The third-order valence-electron chi connectivity index (χ3n) is 6.51. The van der Waals surface area contributed by atoms with Crippen LogP contribution in [0.3, 0.4) is 0 Å². The van der Waals surface area contributed by atoms with Crippen molar-refractivity contribution in [1.29, 1.82) is 5.26 Å². The quantitative estimate of drug-likeness (QED) is 0.570. The first-order chi connectivity index (χ1) is 16.7. The van der Waals surface area contributed by atoms with Gasteiger partial charge < -0.3 is 5.32 Å². The van der Waals surface area contributed by atoms with Crippen LogP contribution in [0.4, 0.5) is 0 Å². The molecule has 1 heterocycles. The number of carbonyl (C=O) groups excluding carboxylic acids is 1. The molecule has 3 aromatic carbocycles. The number of hydrogen-bond donors (Lipinski definition) is 1. The van der Waals surface area contributed by atoms with Gasteiger partial charge in [0, 0.05) is 13.1 Å². The molecule has 1 unspecified atom stereocenters. The summed E-state index contributed by atoms with van der Waals surface area (Å²) in [6.45, 7) is 5.99. The predicted octanol–water partition coefficient (Wildman–Crippen LogP) is 3.96. The minimum atomic E-state index is -3.94. The third kappa shape index (κ3) is 5.00. The smallest absolute Gasteiger partial charge is 0.244 e. The van der Waals surface area contributed by atoms with Gasteiger partial charge in [0.2, 0.25) is 15.9 Å². The zero-order chi connectivity index (χ0) is 25.2. The predicted molar refractivity (Wildman–Crippen MR) is 135 cm³/mol. The second kappa shape index (κ2) is 10.0. The lowest BCUT2D eigenvalue weighted by Gasteiger charge is -2.35. The lowest BCUT2D eigenvalue weighted by Crippen LogP contribution is -2.52. The highest BCUT2D eigenvalue weighted by Gasteiger charge is 2.40. The maximum absolute atomic E-state index is 14.0. The van der Waals surface area contributed by atoms with Crippen molar-refractivity contribution in [2.75, 3.05) is 6.54 Å². The van der Waals surface area contributed by atoms with E-state index < -0.39 is 16.1 Å². The van der Waals surface area contributed by atoms with Crippen molar-refractivity contribution in [2.45, 2.75) is 51.1 Å². The summed E-state index contributed by atoms with van der Waals surface area (Å²) in [4.78, 5) is 13.6. The highest BCUT2D eigenvalue weighted by atomic mass is 32.2. The summed E-state index contributed by atoms with van der Waals surface area (Å²) in [5, 5.41) is 12.2. The summed E-state index contributed by atoms with van der Waals surface area (Å²) in [7, 11) is -3.94.